The molecule has 3 atom stereocenters. The number of hydrogen-bond acceptors (Lipinski definition) is 10. The number of carbonyl (C=O) groups is 1. The monoisotopic (exact) mass is 533 g/mol. The topological polar surface area (TPSA) is 136 Å². The summed E-state index contributed by atoms with van der Waals surface area (Å²) in [5.41, 5.74) is 1.71. The Hall–Kier alpha value is -1.74. The van der Waals surface area contributed by atoms with E-state index in [9.17, 15) is 17.8 Å². The molecule has 0 saturated carbocycles. The van der Waals surface area contributed by atoms with Crippen molar-refractivity contribution in [1.29, 1.82) is 0 Å². The molecule has 35 heavy (non-hydrogen) atoms. The van der Waals surface area contributed by atoms with E-state index in [1.54, 1.807) is 18.2 Å². The summed E-state index contributed by atoms with van der Waals surface area (Å²) in [7, 11) is -0.412. The fourth-order valence-corrected chi connectivity index (χ4v) is 5.44. The molecule has 0 bridgehead atoms. The van der Waals surface area contributed by atoms with E-state index in [0.29, 0.717) is 33.9 Å². The maximum absolute atomic E-state index is 12.8. The molecule has 0 spiro atoms. The molecule has 5 rings (SSSR count). The number of carbonyl (C=O) groups excluding carboxylic acids is 1. The van der Waals surface area contributed by atoms with Crippen molar-refractivity contribution >= 4 is 16.4 Å². The van der Waals surface area contributed by atoms with E-state index in [-0.39, 0.29) is 100 Å². The number of hydrogen-bond donors (Lipinski definition) is 1. The zero-order chi connectivity index (χ0) is 24.2. The number of ether oxygens (including phenoxy) is 6. The van der Waals surface area contributed by atoms with E-state index in [2.05, 4.69) is 0 Å². The summed E-state index contributed by atoms with van der Waals surface area (Å²) >= 11 is 0. The van der Waals surface area contributed by atoms with Gasteiger partial charge in [-0.2, -0.15) is 8.42 Å². The molecular weight excluding hydrogens is 511 g/mol. The van der Waals surface area contributed by atoms with Crippen LogP contribution >= 0.6 is 0 Å². The van der Waals surface area contributed by atoms with Crippen molar-refractivity contribution in [2.75, 3.05) is 34.7 Å². The van der Waals surface area contributed by atoms with E-state index < -0.39 is 22.2 Å². The smallest absolute Gasteiger partial charge is 0.493 e. The van der Waals surface area contributed by atoms with Gasteiger partial charge in [0.2, 0.25) is 18.3 Å². The van der Waals surface area contributed by atoms with Crippen LogP contribution in [0, 0.1) is 11.8 Å². The van der Waals surface area contributed by atoms with Crippen molar-refractivity contribution < 1.29 is 102 Å². The largest absolute Gasteiger partial charge is 1.00 e. The molecular formula is C22H22KO11S+. The molecule has 2 aromatic rings. The van der Waals surface area contributed by atoms with Gasteiger partial charge in [0.1, 0.15) is 0 Å². The Morgan fingerprint density at radius 1 is 0.971 bits per heavy atom. The van der Waals surface area contributed by atoms with Gasteiger partial charge in [-0.25, -0.2) is 0 Å². The summed E-state index contributed by atoms with van der Waals surface area (Å²) in [5.74, 6) is -0.478. The molecule has 3 unspecified atom stereocenters. The molecule has 2 aliphatic heterocycles. The van der Waals surface area contributed by atoms with Gasteiger partial charge in [-0.3, -0.25) is 9.35 Å². The van der Waals surface area contributed by atoms with E-state index >= 15 is 0 Å². The Labute approximate surface area is 244 Å². The molecule has 1 aliphatic carbocycles. The summed E-state index contributed by atoms with van der Waals surface area (Å²) in [6, 6.07) is 5.17. The van der Waals surface area contributed by atoms with Crippen LogP contribution < -0.4 is 79.3 Å². The van der Waals surface area contributed by atoms with Crippen LogP contribution in [0.5, 0.6) is 34.5 Å². The van der Waals surface area contributed by atoms with Crippen molar-refractivity contribution in [3.05, 3.63) is 34.9 Å². The molecule has 0 amide bonds. The van der Waals surface area contributed by atoms with Crippen LogP contribution in [0.2, 0.25) is 0 Å². The predicted molar refractivity (Wildman–Crippen MR) is 114 cm³/mol. The Balaban J connectivity index is 0.00000289. The molecule has 11 nitrogen and oxygen atoms in total. The minimum Gasteiger partial charge on any atom is -0.493 e. The van der Waals surface area contributed by atoms with Gasteiger partial charge in [-0.05, 0) is 35.7 Å². The zero-order valence-electron chi connectivity index (χ0n) is 19.5. The van der Waals surface area contributed by atoms with Gasteiger partial charge in [0.25, 0.3) is 0 Å². The van der Waals surface area contributed by atoms with Gasteiger partial charge < -0.3 is 32.6 Å². The van der Waals surface area contributed by atoms with Gasteiger partial charge >= 0.3 is 67.8 Å². The second-order valence-corrected chi connectivity index (χ2v) is 9.10. The van der Waals surface area contributed by atoms with Crippen LogP contribution in [0.1, 0.15) is 22.6 Å². The Morgan fingerprint density at radius 2 is 1.66 bits per heavy atom. The second-order valence-electron chi connectivity index (χ2n) is 8.07. The minimum absolute atomic E-state index is 0. The summed E-state index contributed by atoms with van der Waals surface area (Å²) < 4.78 is 70.5. The predicted octanol–water partition coefficient (Wildman–Crippen LogP) is -0.896. The maximum atomic E-state index is 12.8. The molecule has 1 N–H and O–H groups in total. The average molecular weight is 534 g/mol. The second kappa shape index (κ2) is 9.96. The zero-order valence-corrected chi connectivity index (χ0v) is 23.5. The van der Waals surface area contributed by atoms with Gasteiger partial charge in [0.15, 0.2) is 23.0 Å². The molecule has 182 valence electrons. The van der Waals surface area contributed by atoms with Gasteiger partial charge in [0.05, 0.1) is 33.9 Å². The molecule has 0 radical (unpaired) electrons. The third-order valence-electron chi connectivity index (χ3n) is 6.37. The molecule has 0 aromatic heterocycles. The van der Waals surface area contributed by atoms with Crippen molar-refractivity contribution in [3.63, 3.8) is 0 Å². The Bertz CT molecular complexity index is 1250. The number of fused-ring (bicyclic) bond motifs is 3. The van der Waals surface area contributed by atoms with Crippen LogP contribution in [0.4, 0.5) is 0 Å². The first-order valence-corrected chi connectivity index (χ1v) is 11.7. The van der Waals surface area contributed by atoms with Crippen LogP contribution in [-0.2, 0) is 26.4 Å². The minimum atomic E-state index is -4.87. The summed E-state index contributed by atoms with van der Waals surface area (Å²) in [6.45, 7) is 0.00737. The van der Waals surface area contributed by atoms with Crippen LogP contribution in [0.15, 0.2) is 18.2 Å². The molecule has 1 fully saturated rings. The third kappa shape index (κ3) is 4.58. The number of methoxy groups -OCH3 is 3. The van der Waals surface area contributed by atoms with Crippen molar-refractivity contribution in [3.8, 4) is 34.5 Å². The van der Waals surface area contributed by atoms with Crippen LogP contribution in [-0.4, -0.2) is 53.7 Å². The quantitative estimate of drug-likeness (QED) is 0.281. The van der Waals surface area contributed by atoms with Crippen molar-refractivity contribution in [1.82, 2.24) is 0 Å². The van der Waals surface area contributed by atoms with E-state index in [1.807, 2.05) is 0 Å². The molecule has 2 aromatic carbocycles. The average Bonchev–Trinajstić information content (AvgIpc) is 3.42. The third-order valence-corrected chi connectivity index (χ3v) is 6.75. The number of esters is 1. The fourth-order valence-electron chi connectivity index (χ4n) is 5.05. The standard InChI is InChI=1S/C22H22O11S.K/c1-27-14-5-10(6-15(28-2)20(14)29-3)17-12-7-16-21(32-9-31-16)19(33-34(24,25)26)13(12)4-11-8-30-22(23)18(11)17;/h5-7,11,17-18H,4,8-9H2,1-3H3,(H,24,25,26);/q;+1. The normalized spacial score (nSPS) is 21.8. The first-order chi connectivity index (χ1) is 16.3. The van der Waals surface area contributed by atoms with Crippen molar-refractivity contribution in [2.45, 2.75) is 12.3 Å². The molecule has 13 heteroatoms. The van der Waals surface area contributed by atoms with Gasteiger partial charge in [0, 0.05) is 17.4 Å². The van der Waals surface area contributed by atoms with Crippen molar-refractivity contribution in [2.24, 2.45) is 11.8 Å². The van der Waals surface area contributed by atoms with Gasteiger partial charge in [-0.1, -0.05) is 0 Å². The summed E-state index contributed by atoms with van der Waals surface area (Å²) in [5, 5.41) is 0. The molecule has 1 saturated heterocycles. The number of benzene rings is 2. The first-order valence-electron chi connectivity index (χ1n) is 10.3. The number of rotatable bonds is 6. The van der Waals surface area contributed by atoms with E-state index in [0.717, 1.165) is 0 Å². The molecule has 2 heterocycles. The maximum Gasteiger partial charge on any atom is 1.00 e. The van der Waals surface area contributed by atoms with Gasteiger partial charge in [-0.15, -0.1) is 0 Å². The van der Waals surface area contributed by atoms with Crippen LogP contribution in [0.3, 0.4) is 0 Å². The number of cyclic esters (lactones) is 1. The Morgan fingerprint density at radius 3 is 2.26 bits per heavy atom. The first kappa shape index (κ1) is 26.3. The Kier molecular flexibility index (Phi) is 7.49. The fraction of sp³-hybridized carbons (Fsp3) is 0.409. The van der Waals surface area contributed by atoms with Crippen LogP contribution in [0.25, 0.3) is 0 Å². The molecule has 3 aliphatic rings. The van der Waals surface area contributed by atoms with E-state index in [1.165, 1.54) is 21.3 Å². The SMILES string of the molecule is COc1cc(C2c3cc4c(c(OS(=O)(=O)O)c3CC3COC(=O)C32)OCO4)cc(OC)c1OC.[K+]. The summed E-state index contributed by atoms with van der Waals surface area (Å²) in [4.78, 5) is 12.8. The van der Waals surface area contributed by atoms with E-state index in [4.69, 9.17) is 32.6 Å². The summed E-state index contributed by atoms with van der Waals surface area (Å²) in [6.07, 6.45) is 0.272.